The fourth-order valence-electron chi connectivity index (χ4n) is 2.69. The third-order valence-corrected chi connectivity index (χ3v) is 5.21. The Hall–Kier alpha value is -2.73. The van der Waals surface area contributed by atoms with Gasteiger partial charge in [-0.3, -0.25) is 4.79 Å². The number of carbonyl (C=O) groups is 1. The zero-order chi connectivity index (χ0) is 19.4. The Morgan fingerprint density at radius 1 is 1.37 bits per heavy atom. The van der Waals surface area contributed by atoms with Crippen molar-refractivity contribution in [3.63, 3.8) is 0 Å². The molecule has 1 aliphatic rings. The number of amides is 1. The normalized spacial score (nSPS) is 15.5. The summed E-state index contributed by atoms with van der Waals surface area (Å²) in [6.07, 6.45) is 1.94. The Labute approximate surface area is 161 Å². The quantitative estimate of drug-likeness (QED) is 0.687. The van der Waals surface area contributed by atoms with Crippen molar-refractivity contribution >= 4 is 17.7 Å². The maximum atomic E-state index is 12.2. The van der Waals surface area contributed by atoms with Gasteiger partial charge >= 0.3 is 0 Å². The van der Waals surface area contributed by atoms with Crippen LogP contribution in [0.1, 0.15) is 19.8 Å². The van der Waals surface area contributed by atoms with Crippen LogP contribution in [0.3, 0.4) is 0 Å². The smallest absolute Gasteiger partial charge is 0.277 e. The molecule has 142 valence electrons. The first-order valence-electron chi connectivity index (χ1n) is 8.40. The van der Waals surface area contributed by atoms with E-state index in [9.17, 15) is 10.1 Å². The fourth-order valence-corrected chi connectivity index (χ4v) is 3.25. The summed E-state index contributed by atoms with van der Waals surface area (Å²) in [5, 5.41) is 20.3. The van der Waals surface area contributed by atoms with Gasteiger partial charge < -0.3 is 19.2 Å². The molecule has 27 heavy (non-hydrogen) atoms. The molecule has 9 heteroatoms. The van der Waals surface area contributed by atoms with Gasteiger partial charge in [0.1, 0.15) is 5.54 Å². The molecule has 0 saturated heterocycles. The minimum absolute atomic E-state index is 0.0948. The summed E-state index contributed by atoms with van der Waals surface area (Å²) in [7, 11) is 3.11. The Kier molecular flexibility index (Phi) is 5.56. The van der Waals surface area contributed by atoms with Crippen molar-refractivity contribution in [3.05, 3.63) is 18.2 Å². The predicted octanol–water partition coefficient (Wildman–Crippen LogP) is 2.65. The number of benzene rings is 1. The third-order valence-electron chi connectivity index (χ3n) is 4.39. The molecule has 1 atom stereocenters. The van der Waals surface area contributed by atoms with Gasteiger partial charge in [-0.2, -0.15) is 5.26 Å². The van der Waals surface area contributed by atoms with Gasteiger partial charge in [0.15, 0.2) is 11.5 Å². The lowest BCUT2D eigenvalue weighted by Gasteiger charge is -2.22. The van der Waals surface area contributed by atoms with E-state index in [0.717, 1.165) is 24.6 Å². The van der Waals surface area contributed by atoms with Gasteiger partial charge in [0, 0.05) is 5.56 Å². The van der Waals surface area contributed by atoms with E-state index in [1.807, 2.05) is 0 Å². The summed E-state index contributed by atoms with van der Waals surface area (Å²) >= 11 is 1.13. The van der Waals surface area contributed by atoms with Crippen molar-refractivity contribution in [2.45, 2.75) is 30.5 Å². The minimum Gasteiger partial charge on any atom is -0.493 e. The Bertz CT molecular complexity index is 874. The van der Waals surface area contributed by atoms with Gasteiger partial charge in [0.2, 0.25) is 11.8 Å². The molecule has 0 spiro atoms. The average molecular weight is 388 g/mol. The van der Waals surface area contributed by atoms with Crippen LogP contribution < -0.4 is 14.8 Å². The van der Waals surface area contributed by atoms with Gasteiger partial charge in [0.25, 0.3) is 5.22 Å². The number of aromatic nitrogens is 2. The van der Waals surface area contributed by atoms with E-state index in [2.05, 4.69) is 21.6 Å². The van der Waals surface area contributed by atoms with Crippen molar-refractivity contribution < 1.29 is 18.7 Å². The first kappa shape index (κ1) is 19.0. The minimum atomic E-state index is -0.808. The van der Waals surface area contributed by atoms with Crippen LogP contribution in [0.15, 0.2) is 27.8 Å². The molecule has 1 N–H and O–H groups in total. The summed E-state index contributed by atoms with van der Waals surface area (Å²) in [5.74, 6) is 1.57. The molecule has 8 nitrogen and oxygen atoms in total. The first-order valence-corrected chi connectivity index (χ1v) is 9.38. The molecular weight excluding hydrogens is 368 g/mol. The van der Waals surface area contributed by atoms with Crippen LogP contribution in [0.4, 0.5) is 0 Å². The molecule has 1 saturated carbocycles. The van der Waals surface area contributed by atoms with Crippen LogP contribution in [-0.2, 0) is 4.79 Å². The van der Waals surface area contributed by atoms with E-state index in [1.165, 1.54) is 0 Å². The van der Waals surface area contributed by atoms with E-state index < -0.39 is 5.54 Å². The zero-order valence-electron chi connectivity index (χ0n) is 15.3. The summed E-state index contributed by atoms with van der Waals surface area (Å²) in [6.45, 7) is 1.76. The number of nitriles is 1. The molecule has 0 bridgehead atoms. The van der Waals surface area contributed by atoms with Crippen molar-refractivity contribution in [3.8, 4) is 29.0 Å². The molecule has 0 unspecified atom stereocenters. The number of nitrogens with one attached hydrogen (secondary N) is 1. The van der Waals surface area contributed by atoms with Gasteiger partial charge in [-0.05, 0) is 43.9 Å². The van der Waals surface area contributed by atoms with Crippen molar-refractivity contribution in [1.82, 2.24) is 15.5 Å². The summed E-state index contributed by atoms with van der Waals surface area (Å²) in [6, 6.07) is 7.47. The maximum absolute atomic E-state index is 12.2. The van der Waals surface area contributed by atoms with Crippen LogP contribution in [0, 0.1) is 17.2 Å². The largest absolute Gasteiger partial charge is 0.493 e. The van der Waals surface area contributed by atoms with Crippen LogP contribution in [-0.4, -0.2) is 41.6 Å². The number of hydrogen-bond acceptors (Lipinski definition) is 8. The highest BCUT2D eigenvalue weighted by atomic mass is 32.2. The number of rotatable bonds is 8. The SMILES string of the molecule is COc1ccc(-c2nnc(SCC(=O)N[C@@](C)(C#N)C3CC3)o2)cc1OC. The number of thioether (sulfide) groups is 1. The van der Waals surface area contributed by atoms with Crippen LogP contribution >= 0.6 is 11.8 Å². The number of carbonyl (C=O) groups excluding carboxylic acids is 1. The topological polar surface area (TPSA) is 110 Å². The lowest BCUT2D eigenvalue weighted by atomic mass is 9.98. The maximum Gasteiger partial charge on any atom is 0.277 e. The molecule has 3 rings (SSSR count). The van der Waals surface area contributed by atoms with Gasteiger partial charge in [-0.25, -0.2) is 0 Å². The fraction of sp³-hybridized carbons (Fsp3) is 0.444. The lowest BCUT2D eigenvalue weighted by molar-refractivity contribution is -0.119. The van der Waals surface area contributed by atoms with E-state index >= 15 is 0 Å². The molecule has 1 aromatic carbocycles. The van der Waals surface area contributed by atoms with Crippen molar-refractivity contribution in [2.75, 3.05) is 20.0 Å². The summed E-state index contributed by atoms with van der Waals surface area (Å²) in [4.78, 5) is 12.2. The zero-order valence-corrected chi connectivity index (χ0v) is 16.1. The molecule has 2 aromatic rings. The molecular formula is C18H20N4O4S. The van der Waals surface area contributed by atoms with E-state index in [4.69, 9.17) is 13.9 Å². The summed E-state index contributed by atoms with van der Waals surface area (Å²) in [5.41, 5.74) is -0.126. The second-order valence-electron chi connectivity index (χ2n) is 6.37. The Balaban J connectivity index is 1.61. The summed E-state index contributed by atoms with van der Waals surface area (Å²) < 4.78 is 16.1. The van der Waals surface area contributed by atoms with Gasteiger partial charge in [0.05, 0.1) is 26.0 Å². The Morgan fingerprint density at radius 2 is 2.11 bits per heavy atom. The molecule has 1 aliphatic carbocycles. The highest BCUT2D eigenvalue weighted by Crippen LogP contribution is 2.39. The van der Waals surface area contributed by atoms with Crippen LogP contribution in [0.25, 0.3) is 11.5 Å². The molecule has 0 aliphatic heterocycles. The van der Waals surface area contributed by atoms with Gasteiger partial charge in [-0.15, -0.1) is 10.2 Å². The monoisotopic (exact) mass is 388 g/mol. The highest BCUT2D eigenvalue weighted by Gasteiger charge is 2.42. The van der Waals surface area contributed by atoms with Crippen molar-refractivity contribution in [1.29, 1.82) is 5.26 Å². The van der Waals surface area contributed by atoms with E-state index in [1.54, 1.807) is 39.3 Å². The molecule has 1 amide bonds. The predicted molar refractivity (Wildman–Crippen MR) is 98.4 cm³/mol. The lowest BCUT2D eigenvalue weighted by Crippen LogP contribution is -2.47. The molecule has 0 radical (unpaired) electrons. The van der Waals surface area contributed by atoms with Crippen LogP contribution in [0.5, 0.6) is 11.5 Å². The molecule has 1 fully saturated rings. The Morgan fingerprint density at radius 3 is 2.74 bits per heavy atom. The second-order valence-corrected chi connectivity index (χ2v) is 7.29. The first-order chi connectivity index (χ1) is 13.0. The highest BCUT2D eigenvalue weighted by molar-refractivity contribution is 7.99. The number of nitrogens with zero attached hydrogens (tertiary/aromatic N) is 3. The van der Waals surface area contributed by atoms with Crippen LogP contribution in [0.2, 0.25) is 0 Å². The van der Waals surface area contributed by atoms with Gasteiger partial charge in [-0.1, -0.05) is 11.8 Å². The number of hydrogen-bond donors (Lipinski definition) is 1. The van der Waals surface area contributed by atoms with E-state index in [-0.39, 0.29) is 22.8 Å². The molecule has 1 heterocycles. The number of ether oxygens (including phenoxy) is 2. The van der Waals surface area contributed by atoms with E-state index in [0.29, 0.717) is 23.0 Å². The standard InChI is InChI=1S/C18H20N4O4S/c1-18(10-19,12-5-6-12)20-15(23)9-27-17-22-21-16(26-17)11-4-7-13(24-2)14(8-11)25-3/h4,7-8,12H,5-6,9H2,1-3H3,(H,20,23)/t18-/m0/s1. The third kappa shape index (κ3) is 4.34. The average Bonchev–Trinajstić information content (AvgIpc) is 3.45. The number of methoxy groups -OCH3 is 2. The van der Waals surface area contributed by atoms with Crippen molar-refractivity contribution in [2.24, 2.45) is 5.92 Å². The molecule has 1 aromatic heterocycles. The second kappa shape index (κ2) is 7.88.